The largest absolute Gasteiger partial charge is 0.464 e. The maximum Gasteiger partial charge on any atom is 0.253 e. The number of ether oxygens (including phenoxy) is 1. The number of Topliss-reactive ketones (excluding diaryl/α,β-unsaturated/α-hetero) is 9. The van der Waals surface area contributed by atoms with Crippen LogP contribution < -0.4 is 0 Å². The number of hydrogen-bond acceptors (Lipinski definition) is 12. The summed E-state index contributed by atoms with van der Waals surface area (Å²) in [6.45, 7) is 4.73. The van der Waals surface area contributed by atoms with E-state index in [-0.39, 0.29) is 45.2 Å². The van der Waals surface area contributed by atoms with Gasteiger partial charge in [-0.2, -0.15) is 0 Å². The Morgan fingerprint density at radius 3 is 1.51 bits per heavy atom. The summed E-state index contributed by atoms with van der Waals surface area (Å²) in [6.07, 6.45) is -0.402. The number of hydrogen-bond donors (Lipinski definition) is 1. The number of nitrogens with zero attached hydrogens (tertiary/aromatic N) is 1. The Kier molecular flexibility index (Phi) is 10.8. The molecular weight excluding hydrogens is 634 g/mol. The van der Waals surface area contributed by atoms with Crippen molar-refractivity contribution in [3.63, 3.8) is 0 Å². The van der Waals surface area contributed by atoms with Gasteiger partial charge in [0.1, 0.15) is 11.5 Å². The third kappa shape index (κ3) is 6.69. The molecule has 5 rings (SSSR count). The molecule has 2 aromatic rings. The fourth-order valence-electron chi connectivity index (χ4n) is 4.95. The molecule has 0 bridgehead atoms. The third-order valence-electron chi connectivity index (χ3n) is 7.29. The molecule has 0 spiro atoms. The van der Waals surface area contributed by atoms with E-state index in [1.165, 1.54) is 38.2 Å². The summed E-state index contributed by atoms with van der Waals surface area (Å²) in [7, 11) is 3.39. The highest BCUT2D eigenvalue weighted by molar-refractivity contribution is 6.59. The van der Waals surface area contributed by atoms with Gasteiger partial charge >= 0.3 is 0 Å². The van der Waals surface area contributed by atoms with E-state index in [1.54, 1.807) is 49.3 Å². The van der Waals surface area contributed by atoms with Gasteiger partial charge in [-0.25, -0.2) is 0 Å². The van der Waals surface area contributed by atoms with Gasteiger partial charge in [0, 0.05) is 42.5 Å². The van der Waals surface area contributed by atoms with Crippen molar-refractivity contribution >= 4 is 63.7 Å². The molecule has 244 valence electrons. The predicted molar refractivity (Wildman–Crippen MR) is 166 cm³/mol. The third-order valence-corrected chi connectivity index (χ3v) is 7.91. The number of aliphatic hydroxyl groups excluding tert-OH is 1. The van der Waals surface area contributed by atoms with Crippen LogP contribution in [0, 0.1) is 0 Å². The van der Waals surface area contributed by atoms with Gasteiger partial charge < -0.3 is 14.7 Å². The second kappa shape index (κ2) is 14.1. The Morgan fingerprint density at radius 1 is 0.723 bits per heavy atom. The van der Waals surface area contributed by atoms with Crippen molar-refractivity contribution in [3.8, 4) is 0 Å². The van der Waals surface area contributed by atoms with E-state index in [0.717, 1.165) is 13.8 Å². The monoisotopic (exact) mass is 663 g/mol. The summed E-state index contributed by atoms with van der Waals surface area (Å²) in [4.78, 5) is 106. The van der Waals surface area contributed by atoms with Crippen molar-refractivity contribution in [3.05, 3.63) is 93.9 Å². The average Bonchev–Trinajstić information content (AvgIpc) is 3.35. The molecule has 1 unspecified atom stereocenters. The SMILES string of the molecule is CC(=O)C(Cl)C(C)=O.CC(=O)C1(C(C)=O)OC2=C(C(=O)c3ccccc3C2=O)C1O.CN(C)/C=C1/C(=O)C(=O)c2ccccc2C1=O. The Hall–Kier alpha value is -5.20. The molecule has 1 aliphatic heterocycles. The Balaban J connectivity index is 0.000000213. The van der Waals surface area contributed by atoms with Gasteiger partial charge in [-0.05, 0) is 27.7 Å². The number of alkyl halides is 1. The first kappa shape index (κ1) is 36.3. The van der Waals surface area contributed by atoms with Crippen LogP contribution in [0.3, 0.4) is 0 Å². The van der Waals surface area contributed by atoms with Gasteiger partial charge in [-0.1, -0.05) is 48.5 Å². The fourth-order valence-corrected chi connectivity index (χ4v) is 4.95. The number of rotatable bonds is 5. The molecule has 0 amide bonds. The standard InChI is InChI=1S/C16H12O6.C13H11NO3.C5H7ClO2/c1-7(17)16(8(2)18)15(21)11-12(19)9-5-3-4-6-10(9)13(20)14(11)22-16;1-14(2)7-10-11(15)8-5-3-4-6-9(8)12(16)13(10)17;1-3(7)5(6)4(2)8/h3-6,15,21H,1-2H3;3-7H,1-2H3;5H,1-2H3/b;10-7+;. The molecule has 0 saturated carbocycles. The lowest BCUT2D eigenvalue weighted by atomic mass is 9.80. The van der Waals surface area contributed by atoms with Crippen LogP contribution in [0.15, 0.2) is 71.6 Å². The van der Waals surface area contributed by atoms with Crippen molar-refractivity contribution in [2.45, 2.75) is 44.8 Å². The van der Waals surface area contributed by atoms with Gasteiger partial charge in [0.2, 0.25) is 17.3 Å². The zero-order valence-corrected chi connectivity index (χ0v) is 27.0. The summed E-state index contributed by atoms with van der Waals surface area (Å²) >= 11 is 5.25. The van der Waals surface area contributed by atoms with Crippen LogP contribution in [0.2, 0.25) is 0 Å². The van der Waals surface area contributed by atoms with Crippen LogP contribution in [0.4, 0.5) is 0 Å². The highest BCUT2D eigenvalue weighted by Crippen LogP contribution is 2.42. The molecule has 0 fully saturated rings. The maximum absolute atomic E-state index is 12.5. The maximum atomic E-state index is 12.5. The number of halogens is 1. The normalized spacial score (nSPS) is 18.2. The molecule has 13 heteroatoms. The van der Waals surface area contributed by atoms with Crippen LogP contribution in [0.5, 0.6) is 0 Å². The fraction of sp³-hybridized carbons (Fsp3) is 0.265. The Morgan fingerprint density at radius 2 is 1.13 bits per heavy atom. The van der Waals surface area contributed by atoms with E-state index in [2.05, 4.69) is 0 Å². The molecule has 0 radical (unpaired) electrons. The van der Waals surface area contributed by atoms with E-state index in [4.69, 9.17) is 16.3 Å². The van der Waals surface area contributed by atoms with E-state index >= 15 is 0 Å². The van der Waals surface area contributed by atoms with Gasteiger partial charge in [-0.15, -0.1) is 11.6 Å². The van der Waals surface area contributed by atoms with Crippen LogP contribution in [-0.4, -0.2) is 93.2 Å². The van der Waals surface area contributed by atoms with Crippen molar-refractivity contribution in [1.29, 1.82) is 0 Å². The first-order chi connectivity index (χ1) is 21.9. The van der Waals surface area contributed by atoms with E-state index < -0.39 is 57.5 Å². The molecule has 0 saturated heterocycles. The van der Waals surface area contributed by atoms with Gasteiger partial charge in [0.25, 0.3) is 5.60 Å². The molecule has 3 aliphatic rings. The van der Waals surface area contributed by atoms with E-state index in [9.17, 15) is 48.3 Å². The van der Waals surface area contributed by atoms with Gasteiger partial charge in [-0.3, -0.25) is 43.2 Å². The van der Waals surface area contributed by atoms with Crippen molar-refractivity contribution in [1.82, 2.24) is 4.90 Å². The minimum Gasteiger partial charge on any atom is -0.464 e. The molecule has 0 aromatic heterocycles. The lowest BCUT2D eigenvalue weighted by molar-refractivity contribution is -0.155. The lowest BCUT2D eigenvalue weighted by Gasteiger charge is -2.27. The topological polar surface area (TPSA) is 186 Å². The summed E-state index contributed by atoms with van der Waals surface area (Å²) in [5, 5.41) is 9.46. The minimum absolute atomic E-state index is 0.0706. The number of aliphatic hydroxyl groups is 1. The van der Waals surface area contributed by atoms with E-state index in [0.29, 0.717) is 5.56 Å². The Labute approximate surface area is 274 Å². The first-order valence-electron chi connectivity index (χ1n) is 14.0. The number of fused-ring (bicyclic) bond motifs is 2. The zero-order chi connectivity index (χ0) is 35.5. The van der Waals surface area contributed by atoms with Crippen molar-refractivity contribution in [2.24, 2.45) is 0 Å². The molecule has 2 aromatic carbocycles. The number of carbonyl (C=O) groups is 9. The lowest BCUT2D eigenvalue weighted by Crippen LogP contribution is -2.53. The molecule has 47 heavy (non-hydrogen) atoms. The zero-order valence-electron chi connectivity index (χ0n) is 26.2. The molecule has 1 heterocycles. The van der Waals surface area contributed by atoms with Crippen LogP contribution in [0.25, 0.3) is 0 Å². The molecule has 12 nitrogen and oxygen atoms in total. The summed E-state index contributed by atoms with van der Waals surface area (Å²) in [5.41, 5.74) is -1.88. The number of benzene rings is 2. The first-order valence-corrected chi connectivity index (χ1v) is 14.4. The van der Waals surface area contributed by atoms with Crippen LogP contribution in [0.1, 0.15) is 69.1 Å². The van der Waals surface area contributed by atoms with Gasteiger partial charge in [0.15, 0.2) is 40.5 Å². The highest BCUT2D eigenvalue weighted by atomic mass is 35.5. The van der Waals surface area contributed by atoms with Crippen LogP contribution in [-0.2, 0) is 28.7 Å². The second-order valence-electron chi connectivity index (χ2n) is 10.9. The summed E-state index contributed by atoms with van der Waals surface area (Å²) in [5.74, 6) is -5.48. The Bertz CT molecular complexity index is 1800. The average molecular weight is 664 g/mol. The number of allylic oxidation sites excluding steroid dienone is 2. The predicted octanol–water partition coefficient (Wildman–Crippen LogP) is 2.48. The number of ketones is 9. The summed E-state index contributed by atoms with van der Waals surface area (Å²) < 4.78 is 5.29. The van der Waals surface area contributed by atoms with Crippen molar-refractivity contribution in [2.75, 3.05) is 14.1 Å². The molecular formula is C34H30ClNO11. The minimum atomic E-state index is -2.22. The smallest absolute Gasteiger partial charge is 0.253 e. The molecule has 2 aliphatic carbocycles. The van der Waals surface area contributed by atoms with E-state index in [1.807, 2.05) is 0 Å². The van der Waals surface area contributed by atoms with Gasteiger partial charge in [0.05, 0.1) is 11.1 Å². The van der Waals surface area contributed by atoms with Crippen LogP contribution >= 0.6 is 11.6 Å². The number of carbonyl (C=O) groups excluding carboxylic acids is 9. The second-order valence-corrected chi connectivity index (χ2v) is 11.4. The summed E-state index contributed by atoms with van der Waals surface area (Å²) in [6, 6.07) is 12.5. The quantitative estimate of drug-likeness (QED) is 0.162. The van der Waals surface area contributed by atoms with Crippen molar-refractivity contribution < 1.29 is 53.0 Å². The molecule has 1 atom stereocenters. The molecule has 1 N–H and O–H groups in total. The highest BCUT2D eigenvalue weighted by Gasteiger charge is 2.61.